The molecule has 0 unspecified atom stereocenters. The zero-order chi connectivity index (χ0) is 12.6. The quantitative estimate of drug-likeness (QED) is 0.574. The van der Waals surface area contributed by atoms with Crippen molar-refractivity contribution in [2.75, 3.05) is 20.1 Å². The van der Waals surface area contributed by atoms with Crippen molar-refractivity contribution in [2.45, 2.75) is 33.1 Å². The molecule has 5 heteroatoms. The Bertz CT molecular complexity index is 229. The Kier molecular flexibility index (Phi) is 6.72. The summed E-state index contributed by atoms with van der Waals surface area (Å²) in [6.45, 7) is 4.61. The molecular weight excluding hydrogens is 206 g/mol. The summed E-state index contributed by atoms with van der Waals surface area (Å²) in [5, 5.41) is 5.27. The van der Waals surface area contributed by atoms with Crippen LogP contribution in [-0.4, -0.2) is 32.0 Å². The minimum Gasteiger partial charge on any atom is -0.359 e. The molecular formula is C11H23N3O2. The minimum atomic E-state index is -0.483. The maximum atomic E-state index is 11.9. The Morgan fingerprint density at radius 1 is 1.25 bits per heavy atom. The van der Waals surface area contributed by atoms with Crippen LogP contribution < -0.4 is 16.4 Å². The van der Waals surface area contributed by atoms with Crippen molar-refractivity contribution in [3.63, 3.8) is 0 Å². The highest BCUT2D eigenvalue weighted by atomic mass is 16.2. The standard InChI is InChI=1S/C11H23N3O2/c1-4-11(5-2,8-12)10(16)14-7-6-9(15)13-3/h4-8,12H2,1-3H3,(H,13,15)(H,14,16). The zero-order valence-electron chi connectivity index (χ0n) is 10.4. The third-order valence-corrected chi connectivity index (χ3v) is 3.14. The lowest BCUT2D eigenvalue weighted by atomic mass is 9.81. The van der Waals surface area contributed by atoms with Crippen LogP contribution in [0, 0.1) is 5.41 Å². The molecule has 2 amide bonds. The Labute approximate surface area is 97.2 Å². The van der Waals surface area contributed by atoms with Crippen molar-refractivity contribution >= 4 is 11.8 Å². The molecule has 0 fully saturated rings. The highest BCUT2D eigenvalue weighted by Gasteiger charge is 2.32. The van der Waals surface area contributed by atoms with Crippen molar-refractivity contribution in [1.82, 2.24) is 10.6 Å². The Balaban J connectivity index is 4.17. The van der Waals surface area contributed by atoms with Crippen LogP contribution in [0.4, 0.5) is 0 Å². The van der Waals surface area contributed by atoms with Crippen molar-refractivity contribution in [1.29, 1.82) is 0 Å². The molecule has 0 spiro atoms. The molecule has 0 saturated carbocycles. The van der Waals surface area contributed by atoms with Crippen molar-refractivity contribution in [3.05, 3.63) is 0 Å². The molecule has 0 aromatic carbocycles. The Morgan fingerprint density at radius 3 is 2.19 bits per heavy atom. The fourth-order valence-corrected chi connectivity index (χ4v) is 1.55. The van der Waals surface area contributed by atoms with Crippen LogP contribution in [-0.2, 0) is 9.59 Å². The van der Waals surface area contributed by atoms with E-state index in [0.29, 0.717) is 32.4 Å². The third-order valence-electron chi connectivity index (χ3n) is 3.14. The van der Waals surface area contributed by atoms with Crippen LogP contribution in [0.25, 0.3) is 0 Å². The topological polar surface area (TPSA) is 84.2 Å². The van der Waals surface area contributed by atoms with E-state index < -0.39 is 5.41 Å². The van der Waals surface area contributed by atoms with E-state index in [2.05, 4.69) is 10.6 Å². The molecule has 0 aromatic heterocycles. The van der Waals surface area contributed by atoms with Crippen LogP contribution in [0.5, 0.6) is 0 Å². The molecule has 0 aliphatic rings. The molecule has 0 heterocycles. The molecule has 4 N–H and O–H groups in total. The van der Waals surface area contributed by atoms with E-state index in [1.807, 2.05) is 13.8 Å². The smallest absolute Gasteiger partial charge is 0.227 e. The number of hydrogen-bond donors (Lipinski definition) is 3. The first-order valence-electron chi connectivity index (χ1n) is 5.75. The van der Waals surface area contributed by atoms with Crippen LogP contribution >= 0.6 is 0 Å². The van der Waals surface area contributed by atoms with Crippen molar-refractivity contribution in [2.24, 2.45) is 11.1 Å². The first kappa shape index (κ1) is 14.9. The zero-order valence-corrected chi connectivity index (χ0v) is 10.4. The van der Waals surface area contributed by atoms with E-state index >= 15 is 0 Å². The summed E-state index contributed by atoms with van der Waals surface area (Å²) in [7, 11) is 1.58. The predicted octanol–water partition coefficient (Wildman–Crippen LogP) is 0.00380. The lowest BCUT2D eigenvalue weighted by molar-refractivity contribution is -0.131. The number of carbonyl (C=O) groups excluding carboxylic acids is 2. The summed E-state index contributed by atoms with van der Waals surface area (Å²) in [5.41, 5.74) is 5.16. The molecule has 0 atom stereocenters. The van der Waals surface area contributed by atoms with E-state index in [0.717, 1.165) is 0 Å². The third kappa shape index (κ3) is 3.81. The molecule has 0 rings (SSSR count). The fourth-order valence-electron chi connectivity index (χ4n) is 1.55. The van der Waals surface area contributed by atoms with Gasteiger partial charge in [-0.2, -0.15) is 0 Å². The first-order chi connectivity index (χ1) is 7.56. The average molecular weight is 229 g/mol. The predicted molar refractivity (Wildman–Crippen MR) is 63.8 cm³/mol. The Morgan fingerprint density at radius 2 is 1.81 bits per heavy atom. The van der Waals surface area contributed by atoms with E-state index in [4.69, 9.17) is 5.73 Å². The van der Waals surface area contributed by atoms with Gasteiger partial charge in [0.25, 0.3) is 0 Å². The molecule has 0 aliphatic heterocycles. The summed E-state index contributed by atoms with van der Waals surface area (Å²) < 4.78 is 0. The molecule has 0 saturated heterocycles. The summed E-state index contributed by atoms with van der Waals surface area (Å²) in [5.74, 6) is -0.129. The number of carbonyl (C=O) groups is 2. The maximum Gasteiger partial charge on any atom is 0.227 e. The fraction of sp³-hybridized carbons (Fsp3) is 0.818. The van der Waals surface area contributed by atoms with Crippen LogP contribution in [0.2, 0.25) is 0 Å². The SMILES string of the molecule is CCC(CC)(CN)C(=O)NCCC(=O)NC. The first-order valence-corrected chi connectivity index (χ1v) is 5.75. The monoisotopic (exact) mass is 229 g/mol. The average Bonchev–Trinajstić information content (AvgIpc) is 2.31. The second-order valence-corrected chi connectivity index (χ2v) is 3.87. The van der Waals surface area contributed by atoms with Crippen LogP contribution in [0.3, 0.4) is 0 Å². The van der Waals surface area contributed by atoms with Gasteiger partial charge in [0, 0.05) is 26.6 Å². The van der Waals surface area contributed by atoms with E-state index in [-0.39, 0.29) is 11.8 Å². The maximum absolute atomic E-state index is 11.9. The summed E-state index contributed by atoms with van der Waals surface area (Å²) in [6, 6.07) is 0. The van der Waals surface area contributed by atoms with E-state index in [9.17, 15) is 9.59 Å². The Hall–Kier alpha value is -1.10. The molecule has 0 radical (unpaired) electrons. The van der Waals surface area contributed by atoms with Gasteiger partial charge in [-0.05, 0) is 12.8 Å². The largest absolute Gasteiger partial charge is 0.359 e. The molecule has 16 heavy (non-hydrogen) atoms. The molecule has 5 nitrogen and oxygen atoms in total. The van der Waals surface area contributed by atoms with Gasteiger partial charge in [-0.25, -0.2) is 0 Å². The highest BCUT2D eigenvalue weighted by molar-refractivity contribution is 5.83. The number of rotatable bonds is 7. The van der Waals surface area contributed by atoms with E-state index in [1.165, 1.54) is 0 Å². The van der Waals surface area contributed by atoms with Gasteiger partial charge in [-0.15, -0.1) is 0 Å². The van der Waals surface area contributed by atoms with Crippen LogP contribution in [0.15, 0.2) is 0 Å². The molecule has 0 aromatic rings. The van der Waals surface area contributed by atoms with Crippen molar-refractivity contribution < 1.29 is 9.59 Å². The number of hydrogen-bond acceptors (Lipinski definition) is 3. The number of nitrogens with two attached hydrogens (primary N) is 1. The van der Waals surface area contributed by atoms with Crippen LogP contribution in [0.1, 0.15) is 33.1 Å². The van der Waals surface area contributed by atoms with Crippen molar-refractivity contribution in [3.8, 4) is 0 Å². The van der Waals surface area contributed by atoms with Gasteiger partial charge in [-0.1, -0.05) is 13.8 Å². The number of amides is 2. The van der Waals surface area contributed by atoms with Gasteiger partial charge in [-0.3, -0.25) is 9.59 Å². The van der Waals surface area contributed by atoms with Gasteiger partial charge in [0.15, 0.2) is 0 Å². The van der Waals surface area contributed by atoms with Gasteiger partial charge >= 0.3 is 0 Å². The summed E-state index contributed by atoms with van der Waals surface area (Å²) >= 11 is 0. The lowest BCUT2D eigenvalue weighted by Crippen LogP contribution is -2.46. The highest BCUT2D eigenvalue weighted by Crippen LogP contribution is 2.24. The van der Waals surface area contributed by atoms with E-state index in [1.54, 1.807) is 7.05 Å². The second kappa shape index (κ2) is 7.22. The summed E-state index contributed by atoms with van der Waals surface area (Å²) in [6.07, 6.45) is 1.73. The summed E-state index contributed by atoms with van der Waals surface area (Å²) in [4.78, 5) is 22.9. The second-order valence-electron chi connectivity index (χ2n) is 3.87. The lowest BCUT2D eigenvalue weighted by Gasteiger charge is -2.28. The van der Waals surface area contributed by atoms with Gasteiger partial charge in [0.1, 0.15) is 0 Å². The minimum absolute atomic E-state index is 0.0519. The van der Waals surface area contributed by atoms with Gasteiger partial charge in [0.2, 0.25) is 11.8 Å². The van der Waals surface area contributed by atoms with Gasteiger partial charge in [0.05, 0.1) is 5.41 Å². The normalized spacial score (nSPS) is 11.0. The molecule has 0 aliphatic carbocycles. The molecule has 94 valence electrons. The molecule has 0 bridgehead atoms. The van der Waals surface area contributed by atoms with Gasteiger partial charge < -0.3 is 16.4 Å². The number of nitrogens with one attached hydrogen (secondary N) is 2.